The lowest BCUT2D eigenvalue weighted by Crippen LogP contribution is -2.38. The first-order valence-electron chi connectivity index (χ1n) is 10.8. The van der Waals surface area contributed by atoms with Crippen LogP contribution in [0.25, 0.3) is 10.9 Å². The number of halogens is 1. The molecule has 0 unspecified atom stereocenters. The number of esters is 1. The first-order chi connectivity index (χ1) is 16.5. The Hall–Kier alpha value is -3.90. The van der Waals surface area contributed by atoms with Crippen molar-refractivity contribution < 1.29 is 9.53 Å². The summed E-state index contributed by atoms with van der Waals surface area (Å²) in [7, 11) is 0. The van der Waals surface area contributed by atoms with E-state index in [1.807, 2.05) is 65.3 Å². The maximum absolute atomic E-state index is 11.6. The number of fused-ring (bicyclic) bond motifs is 1. The normalized spacial score (nSPS) is 11.5. The van der Waals surface area contributed by atoms with E-state index in [2.05, 4.69) is 52.3 Å². The van der Waals surface area contributed by atoms with E-state index in [1.54, 1.807) is 6.07 Å². The second-order valence-corrected chi connectivity index (χ2v) is 8.76. The monoisotopic (exact) mass is 511 g/mol. The van der Waals surface area contributed by atoms with Crippen LogP contribution >= 0.6 is 15.9 Å². The first-order valence-corrected chi connectivity index (χ1v) is 11.6. The van der Waals surface area contributed by atoms with Crippen molar-refractivity contribution in [1.29, 1.82) is 0 Å². The van der Waals surface area contributed by atoms with Crippen LogP contribution in [0.2, 0.25) is 0 Å². The molecule has 0 radical (unpaired) electrons. The summed E-state index contributed by atoms with van der Waals surface area (Å²) in [5.74, 6) is -0.119. The predicted octanol–water partition coefficient (Wildman–Crippen LogP) is 6.15. The second-order valence-electron chi connectivity index (χ2n) is 8.01. The second kappa shape index (κ2) is 8.80. The van der Waals surface area contributed by atoms with Crippen LogP contribution in [0, 0.1) is 0 Å². The summed E-state index contributed by atoms with van der Waals surface area (Å²) in [4.78, 5) is 11.6. The molecule has 4 aromatic carbocycles. The molecule has 0 fully saturated rings. The van der Waals surface area contributed by atoms with Crippen LogP contribution in [-0.4, -0.2) is 15.7 Å². The van der Waals surface area contributed by atoms with Gasteiger partial charge in [-0.3, -0.25) is 4.79 Å². The smallest absolute Gasteiger partial charge is 0.308 e. The van der Waals surface area contributed by atoms with E-state index in [-0.39, 0.29) is 0 Å². The molecular formula is C28H22BrN3O2. The molecule has 5 rings (SSSR count). The molecule has 0 amide bonds. The van der Waals surface area contributed by atoms with Gasteiger partial charge in [-0.2, -0.15) is 5.10 Å². The SMILES string of the molecule is CC(=O)Oc1cc2c(Br)nn(C(c3ccccc3)(c3ccccc3)c3ccccc3)c2cc1N. The molecule has 0 atom stereocenters. The van der Waals surface area contributed by atoms with Gasteiger partial charge in [-0.15, -0.1) is 0 Å². The minimum atomic E-state index is -0.788. The van der Waals surface area contributed by atoms with Crippen molar-refractivity contribution in [3.8, 4) is 5.75 Å². The Morgan fingerprint density at radius 1 is 0.853 bits per heavy atom. The Kier molecular flexibility index (Phi) is 5.67. The molecule has 2 N–H and O–H groups in total. The van der Waals surface area contributed by atoms with Crippen molar-refractivity contribution in [2.75, 3.05) is 5.73 Å². The quantitative estimate of drug-likeness (QED) is 0.133. The zero-order valence-electron chi connectivity index (χ0n) is 18.5. The third-order valence-corrected chi connectivity index (χ3v) is 6.50. The van der Waals surface area contributed by atoms with Crippen LogP contribution < -0.4 is 10.5 Å². The minimum absolute atomic E-state index is 0.310. The highest BCUT2D eigenvalue weighted by Crippen LogP contribution is 2.44. The number of carbonyl (C=O) groups excluding carboxylic acids is 1. The Labute approximate surface area is 205 Å². The van der Waals surface area contributed by atoms with Gasteiger partial charge in [0.1, 0.15) is 10.1 Å². The molecule has 0 aliphatic heterocycles. The van der Waals surface area contributed by atoms with Crippen molar-refractivity contribution in [3.05, 3.63) is 124 Å². The molecule has 0 bridgehead atoms. The molecule has 0 aliphatic rings. The number of ether oxygens (including phenoxy) is 1. The number of nitrogens with two attached hydrogens (primary N) is 1. The predicted molar refractivity (Wildman–Crippen MR) is 138 cm³/mol. The molecule has 34 heavy (non-hydrogen) atoms. The van der Waals surface area contributed by atoms with E-state index < -0.39 is 11.5 Å². The summed E-state index contributed by atoms with van der Waals surface area (Å²) < 4.78 is 7.96. The molecule has 5 nitrogen and oxygen atoms in total. The number of benzene rings is 4. The van der Waals surface area contributed by atoms with Crippen molar-refractivity contribution in [2.45, 2.75) is 12.5 Å². The van der Waals surface area contributed by atoms with Crippen molar-refractivity contribution in [1.82, 2.24) is 9.78 Å². The molecule has 0 saturated carbocycles. The third kappa shape index (κ3) is 3.56. The van der Waals surface area contributed by atoms with Crippen LogP contribution in [-0.2, 0) is 10.3 Å². The number of nitrogens with zero attached hydrogens (tertiary/aromatic N) is 2. The molecular weight excluding hydrogens is 490 g/mol. The average Bonchev–Trinajstić information content (AvgIpc) is 3.17. The zero-order valence-corrected chi connectivity index (χ0v) is 20.1. The topological polar surface area (TPSA) is 70.1 Å². The number of anilines is 1. The number of hydrogen-bond donors (Lipinski definition) is 1. The van der Waals surface area contributed by atoms with Gasteiger partial charge >= 0.3 is 5.97 Å². The lowest BCUT2D eigenvalue weighted by molar-refractivity contribution is -0.131. The van der Waals surface area contributed by atoms with Gasteiger partial charge in [0, 0.05) is 12.3 Å². The fraction of sp³-hybridized carbons (Fsp3) is 0.0714. The number of aromatic nitrogens is 2. The summed E-state index contributed by atoms with van der Waals surface area (Å²) in [6.45, 7) is 1.35. The lowest BCUT2D eigenvalue weighted by atomic mass is 9.77. The molecule has 0 aliphatic carbocycles. The molecule has 6 heteroatoms. The summed E-state index contributed by atoms with van der Waals surface area (Å²) in [6.07, 6.45) is 0. The van der Waals surface area contributed by atoms with E-state index in [9.17, 15) is 4.79 Å². The number of carbonyl (C=O) groups is 1. The Morgan fingerprint density at radius 3 is 1.76 bits per heavy atom. The van der Waals surface area contributed by atoms with Crippen molar-refractivity contribution in [2.24, 2.45) is 0 Å². The van der Waals surface area contributed by atoms with E-state index in [0.29, 0.717) is 16.0 Å². The van der Waals surface area contributed by atoms with Gasteiger partial charge in [0.2, 0.25) is 0 Å². The van der Waals surface area contributed by atoms with Crippen LogP contribution in [0.3, 0.4) is 0 Å². The van der Waals surface area contributed by atoms with Crippen LogP contribution in [0.15, 0.2) is 108 Å². The first kappa shape index (κ1) is 21.9. The lowest BCUT2D eigenvalue weighted by Gasteiger charge is -2.37. The average molecular weight is 512 g/mol. The van der Waals surface area contributed by atoms with Crippen LogP contribution in [0.4, 0.5) is 5.69 Å². The van der Waals surface area contributed by atoms with E-state index >= 15 is 0 Å². The Balaban J connectivity index is 1.93. The Morgan fingerprint density at radius 2 is 1.32 bits per heavy atom. The molecule has 1 aromatic heterocycles. The van der Waals surface area contributed by atoms with Gasteiger partial charge in [0.25, 0.3) is 0 Å². The Bertz CT molecular complexity index is 1370. The number of hydrogen-bond acceptors (Lipinski definition) is 4. The molecule has 5 aromatic rings. The maximum atomic E-state index is 11.6. The maximum Gasteiger partial charge on any atom is 0.308 e. The molecule has 0 saturated heterocycles. The zero-order chi connectivity index (χ0) is 23.7. The van der Waals surface area contributed by atoms with Crippen LogP contribution in [0.5, 0.6) is 5.75 Å². The van der Waals surface area contributed by atoms with E-state index in [4.69, 9.17) is 15.6 Å². The van der Waals surface area contributed by atoms with Gasteiger partial charge in [0.05, 0.1) is 11.2 Å². The minimum Gasteiger partial charge on any atom is -0.424 e. The van der Waals surface area contributed by atoms with Crippen LogP contribution in [0.1, 0.15) is 23.6 Å². The van der Waals surface area contributed by atoms with Gasteiger partial charge in [-0.25, -0.2) is 4.68 Å². The van der Waals surface area contributed by atoms with Crippen molar-refractivity contribution in [3.63, 3.8) is 0 Å². The fourth-order valence-corrected chi connectivity index (χ4v) is 5.00. The van der Waals surface area contributed by atoms with E-state index in [0.717, 1.165) is 27.6 Å². The number of nitrogen functional groups attached to an aromatic ring is 1. The van der Waals surface area contributed by atoms with Gasteiger partial charge in [-0.1, -0.05) is 91.0 Å². The summed E-state index contributed by atoms with van der Waals surface area (Å²) >= 11 is 3.64. The fourth-order valence-electron chi connectivity index (χ4n) is 4.52. The molecule has 0 spiro atoms. The molecule has 168 valence electrons. The highest BCUT2D eigenvalue weighted by Gasteiger charge is 2.40. The highest BCUT2D eigenvalue weighted by atomic mass is 79.9. The molecule has 1 heterocycles. The van der Waals surface area contributed by atoms with Gasteiger partial charge in [0.15, 0.2) is 5.75 Å². The van der Waals surface area contributed by atoms with Crippen molar-refractivity contribution >= 4 is 38.5 Å². The standard InChI is InChI=1S/C28H22BrN3O2/c1-19(33)34-26-17-23-25(18-24(26)30)32(31-27(23)29)28(20-11-5-2-6-12-20,21-13-7-3-8-14-21)22-15-9-4-10-16-22/h2-18H,30H2,1H3. The summed E-state index contributed by atoms with van der Waals surface area (Å²) in [6, 6.07) is 34.4. The largest absolute Gasteiger partial charge is 0.424 e. The highest BCUT2D eigenvalue weighted by molar-refractivity contribution is 9.10. The number of rotatable bonds is 5. The van der Waals surface area contributed by atoms with E-state index in [1.165, 1.54) is 6.92 Å². The summed E-state index contributed by atoms with van der Waals surface area (Å²) in [5, 5.41) is 5.78. The van der Waals surface area contributed by atoms with Gasteiger partial charge in [-0.05, 0) is 44.8 Å². The third-order valence-electron chi connectivity index (χ3n) is 5.91. The van der Waals surface area contributed by atoms with Gasteiger partial charge < -0.3 is 10.5 Å². The summed E-state index contributed by atoms with van der Waals surface area (Å²) in [5.41, 5.74) is 9.86.